The highest BCUT2D eigenvalue weighted by Crippen LogP contribution is 2.26. The Morgan fingerprint density at radius 2 is 2.00 bits per heavy atom. The summed E-state index contributed by atoms with van der Waals surface area (Å²) in [5.74, 6) is 0.546. The van der Waals surface area contributed by atoms with Gasteiger partial charge in [0.2, 0.25) is 12.2 Å². The summed E-state index contributed by atoms with van der Waals surface area (Å²) in [5.41, 5.74) is 0. The van der Waals surface area contributed by atoms with E-state index >= 15 is 0 Å². The number of methoxy groups -OCH3 is 1. The summed E-state index contributed by atoms with van der Waals surface area (Å²) in [6.45, 7) is 0.781. The first-order chi connectivity index (χ1) is 11.0. The zero-order valence-corrected chi connectivity index (χ0v) is 12.9. The van der Waals surface area contributed by atoms with Crippen molar-refractivity contribution in [3.8, 4) is 11.5 Å². The largest absolute Gasteiger partial charge is 0.497 e. The molecule has 8 nitrogen and oxygen atoms in total. The van der Waals surface area contributed by atoms with E-state index in [1.165, 1.54) is 14.0 Å². The monoisotopic (exact) mass is 327 g/mol. The highest BCUT2D eigenvalue weighted by molar-refractivity contribution is 5.73. The Kier molecular flexibility index (Phi) is 5.78. The van der Waals surface area contributed by atoms with Crippen LogP contribution in [0.2, 0.25) is 0 Å². The van der Waals surface area contributed by atoms with Gasteiger partial charge in [-0.2, -0.15) is 0 Å². The van der Waals surface area contributed by atoms with Crippen molar-refractivity contribution >= 4 is 5.91 Å². The topological polar surface area (TPSA) is 117 Å². The van der Waals surface area contributed by atoms with E-state index in [9.17, 15) is 20.1 Å². The molecule has 8 heteroatoms. The maximum Gasteiger partial charge on any atom is 0.223 e. The fourth-order valence-corrected chi connectivity index (χ4v) is 2.38. The molecule has 0 aliphatic carbocycles. The first-order valence-corrected chi connectivity index (χ1v) is 7.16. The van der Waals surface area contributed by atoms with Crippen molar-refractivity contribution in [2.45, 2.75) is 37.6 Å². The number of hydrogen-bond acceptors (Lipinski definition) is 7. The predicted octanol–water partition coefficient (Wildman–Crippen LogP) is -0.982. The lowest BCUT2D eigenvalue weighted by Crippen LogP contribution is -2.65. The van der Waals surface area contributed by atoms with Gasteiger partial charge >= 0.3 is 0 Å². The molecule has 0 bridgehead atoms. The molecule has 0 aromatic heterocycles. The predicted molar refractivity (Wildman–Crippen MR) is 79.0 cm³/mol. The van der Waals surface area contributed by atoms with Gasteiger partial charge in [-0.15, -0.1) is 0 Å². The Hall–Kier alpha value is -1.87. The molecule has 0 spiro atoms. The van der Waals surface area contributed by atoms with Crippen molar-refractivity contribution in [2.24, 2.45) is 0 Å². The number of aliphatic hydroxyl groups excluding tert-OH is 3. The van der Waals surface area contributed by atoms with Crippen LogP contribution in [0.4, 0.5) is 0 Å². The zero-order valence-electron chi connectivity index (χ0n) is 12.9. The van der Waals surface area contributed by atoms with E-state index in [1.807, 2.05) is 0 Å². The normalized spacial score (nSPS) is 30.6. The van der Waals surface area contributed by atoms with Crippen molar-refractivity contribution in [3.05, 3.63) is 24.3 Å². The van der Waals surface area contributed by atoms with Crippen molar-refractivity contribution in [1.29, 1.82) is 0 Å². The summed E-state index contributed by atoms with van der Waals surface area (Å²) >= 11 is 0. The minimum absolute atomic E-state index is 0.394. The molecule has 0 unspecified atom stereocenters. The van der Waals surface area contributed by atoms with Crippen LogP contribution in [0.1, 0.15) is 6.92 Å². The van der Waals surface area contributed by atoms with Gasteiger partial charge in [-0.1, -0.05) is 6.07 Å². The second-order valence-electron chi connectivity index (χ2n) is 5.23. The number of rotatable bonds is 5. The van der Waals surface area contributed by atoms with Gasteiger partial charge in [-0.3, -0.25) is 4.79 Å². The molecule has 1 fully saturated rings. The van der Waals surface area contributed by atoms with E-state index < -0.39 is 43.2 Å². The fraction of sp³-hybridized carbons (Fsp3) is 0.533. The minimum Gasteiger partial charge on any atom is -0.497 e. The van der Waals surface area contributed by atoms with Crippen LogP contribution in [0.5, 0.6) is 11.5 Å². The molecular formula is C15H21NO7. The highest BCUT2D eigenvalue weighted by atomic mass is 16.7. The van der Waals surface area contributed by atoms with Crippen LogP contribution in [0.15, 0.2) is 24.3 Å². The third-order valence-corrected chi connectivity index (χ3v) is 3.54. The summed E-state index contributed by atoms with van der Waals surface area (Å²) in [5, 5.41) is 31.8. The van der Waals surface area contributed by atoms with Gasteiger partial charge in [-0.25, -0.2) is 0 Å². The first kappa shape index (κ1) is 17.5. The minimum atomic E-state index is -1.35. The number of amides is 1. The van der Waals surface area contributed by atoms with Crippen LogP contribution in [0.25, 0.3) is 0 Å². The SMILES string of the molecule is COc1cccc(O[C@@H]2O[C@H](CO)[C@@H](O)[C@H](O)[C@H]2NC(C)=O)c1. The van der Waals surface area contributed by atoms with Crippen molar-refractivity contribution in [3.63, 3.8) is 0 Å². The number of benzene rings is 1. The summed E-state index contributed by atoms with van der Waals surface area (Å²) in [7, 11) is 1.51. The van der Waals surface area contributed by atoms with E-state index in [1.54, 1.807) is 24.3 Å². The number of hydrogen-bond donors (Lipinski definition) is 4. The number of carbonyl (C=O) groups is 1. The van der Waals surface area contributed by atoms with Gasteiger partial charge in [-0.05, 0) is 12.1 Å². The lowest BCUT2D eigenvalue weighted by Gasteiger charge is -2.42. The number of aliphatic hydroxyl groups is 3. The van der Waals surface area contributed by atoms with Crippen LogP contribution in [-0.2, 0) is 9.53 Å². The fourth-order valence-electron chi connectivity index (χ4n) is 2.38. The summed E-state index contributed by atoms with van der Waals surface area (Å²) < 4.78 is 16.2. The van der Waals surface area contributed by atoms with Gasteiger partial charge in [0.1, 0.15) is 35.9 Å². The van der Waals surface area contributed by atoms with Crippen molar-refractivity contribution in [1.82, 2.24) is 5.32 Å². The van der Waals surface area contributed by atoms with E-state index in [0.717, 1.165) is 0 Å². The molecular weight excluding hydrogens is 306 g/mol. The molecule has 0 saturated carbocycles. The number of ether oxygens (including phenoxy) is 3. The summed E-state index contributed by atoms with van der Waals surface area (Å²) in [6.07, 6.45) is -4.80. The smallest absolute Gasteiger partial charge is 0.223 e. The Labute approximate surface area is 133 Å². The first-order valence-electron chi connectivity index (χ1n) is 7.16. The van der Waals surface area contributed by atoms with E-state index in [-0.39, 0.29) is 0 Å². The van der Waals surface area contributed by atoms with Gasteiger partial charge in [0.25, 0.3) is 0 Å². The maximum absolute atomic E-state index is 11.3. The molecule has 1 aromatic carbocycles. The zero-order chi connectivity index (χ0) is 17.0. The molecule has 1 saturated heterocycles. The van der Waals surface area contributed by atoms with Gasteiger partial charge in [0, 0.05) is 13.0 Å². The molecule has 1 aromatic rings. The number of carbonyl (C=O) groups excluding carboxylic acids is 1. The maximum atomic E-state index is 11.3. The molecule has 2 rings (SSSR count). The van der Waals surface area contributed by atoms with E-state index in [2.05, 4.69) is 5.32 Å². The quantitative estimate of drug-likeness (QED) is 0.549. The molecule has 1 heterocycles. The van der Waals surface area contributed by atoms with Crippen molar-refractivity contribution < 1.29 is 34.3 Å². The molecule has 128 valence electrons. The molecule has 1 aliphatic heterocycles. The Morgan fingerprint density at radius 3 is 2.61 bits per heavy atom. The van der Waals surface area contributed by atoms with Gasteiger partial charge < -0.3 is 34.8 Å². The van der Waals surface area contributed by atoms with Crippen LogP contribution < -0.4 is 14.8 Å². The van der Waals surface area contributed by atoms with Gasteiger partial charge in [0.05, 0.1) is 13.7 Å². The molecule has 23 heavy (non-hydrogen) atoms. The van der Waals surface area contributed by atoms with Crippen LogP contribution in [0, 0.1) is 0 Å². The van der Waals surface area contributed by atoms with Crippen molar-refractivity contribution in [2.75, 3.05) is 13.7 Å². The molecule has 4 N–H and O–H groups in total. The molecule has 5 atom stereocenters. The highest BCUT2D eigenvalue weighted by Gasteiger charge is 2.46. The molecule has 1 aliphatic rings. The van der Waals surface area contributed by atoms with Gasteiger partial charge in [0.15, 0.2) is 0 Å². The standard InChI is InChI=1S/C15H21NO7/c1-8(18)16-12-14(20)13(19)11(7-17)23-15(12)22-10-5-3-4-9(6-10)21-2/h3-6,11-15,17,19-20H,7H2,1-2H3,(H,16,18)/t11-,12-,13-,14-,15-/m1/s1. The lowest BCUT2D eigenvalue weighted by atomic mass is 9.97. The second kappa shape index (κ2) is 7.60. The Balaban J connectivity index is 2.21. The number of nitrogens with one attached hydrogen (secondary N) is 1. The Bertz CT molecular complexity index is 538. The van der Waals surface area contributed by atoms with E-state index in [4.69, 9.17) is 14.2 Å². The molecule has 0 radical (unpaired) electrons. The van der Waals surface area contributed by atoms with Crippen LogP contribution in [0.3, 0.4) is 0 Å². The average molecular weight is 327 g/mol. The molecule has 1 amide bonds. The second-order valence-corrected chi connectivity index (χ2v) is 5.23. The third kappa shape index (κ3) is 4.11. The lowest BCUT2D eigenvalue weighted by molar-refractivity contribution is -0.244. The summed E-state index contributed by atoms with van der Waals surface area (Å²) in [4.78, 5) is 11.3. The van der Waals surface area contributed by atoms with Crippen LogP contribution in [-0.4, -0.2) is 65.6 Å². The van der Waals surface area contributed by atoms with E-state index in [0.29, 0.717) is 11.5 Å². The third-order valence-electron chi connectivity index (χ3n) is 3.54. The summed E-state index contributed by atoms with van der Waals surface area (Å²) in [6, 6.07) is 5.71. The average Bonchev–Trinajstić information content (AvgIpc) is 2.54. The Morgan fingerprint density at radius 1 is 1.30 bits per heavy atom. The van der Waals surface area contributed by atoms with Crippen LogP contribution >= 0.6 is 0 Å².